The summed E-state index contributed by atoms with van der Waals surface area (Å²) < 4.78 is 0. The Kier molecular flexibility index (Phi) is 4.93. The van der Waals surface area contributed by atoms with E-state index >= 15 is 0 Å². The largest absolute Gasteiger partial charge is 0.393 e. The Bertz CT molecular complexity index is 434. The third-order valence-electron chi connectivity index (χ3n) is 3.61. The van der Waals surface area contributed by atoms with Crippen LogP contribution in [0.5, 0.6) is 0 Å². The van der Waals surface area contributed by atoms with Crippen molar-refractivity contribution in [2.45, 2.75) is 32.3 Å². The molecule has 2 rings (SSSR count). The highest BCUT2D eigenvalue weighted by molar-refractivity contribution is 5.92. The first-order valence-electron chi connectivity index (χ1n) is 6.90. The van der Waals surface area contributed by atoms with Crippen molar-refractivity contribution in [3.05, 3.63) is 29.8 Å². The Balaban J connectivity index is 1.70. The molecule has 4 nitrogen and oxygen atoms in total. The summed E-state index contributed by atoms with van der Waals surface area (Å²) in [7, 11) is 0. The summed E-state index contributed by atoms with van der Waals surface area (Å²) in [5.41, 5.74) is 1.95. The van der Waals surface area contributed by atoms with Crippen molar-refractivity contribution < 1.29 is 9.90 Å². The quantitative estimate of drug-likeness (QED) is 0.756. The average molecular weight is 262 g/mol. The van der Waals surface area contributed by atoms with Crippen molar-refractivity contribution >= 4 is 11.6 Å². The number of rotatable bonds is 5. The number of aryl methyl sites for hydroxylation is 1. The molecule has 1 aromatic rings. The second kappa shape index (κ2) is 6.68. The number of hydrogen-bond acceptors (Lipinski definition) is 3. The number of hydrogen-bond donors (Lipinski definition) is 3. The van der Waals surface area contributed by atoms with E-state index < -0.39 is 0 Å². The van der Waals surface area contributed by atoms with Gasteiger partial charge in [0.25, 0.3) is 0 Å². The second-order valence-corrected chi connectivity index (χ2v) is 5.31. The lowest BCUT2D eigenvalue weighted by atomic mass is 10.1. The molecule has 0 aromatic heterocycles. The number of nitrogens with one attached hydrogen (secondary N) is 2. The van der Waals surface area contributed by atoms with E-state index in [4.69, 9.17) is 0 Å². The fourth-order valence-electron chi connectivity index (χ4n) is 2.55. The van der Waals surface area contributed by atoms with Crippen LogP contribution in [0.25, 0.3) is 0 Å². The summed E-state index contributed by atoms with van der Waals surface area (Å²) in [6.07, 6.45) is 2.82. The van der Waals surface area contributed by atoms with Gasteiger partial charge in [0.1, 0.15) is 0 Å². The zero-order valence-electron chi connectivity index (χ0n) is 11.4. The molecule has 2 atom stereocenters. The summed E-state index contributed by atoms with van der Waals surface area (Å²) in [5, 5.41) is 15.7. The molecule has 1 amide bonds. The number of aliphatic hydroxyl groups excluding tert-OH is 1. The van der Waals surface area contributed by atoms with Crippen molar-refractivity contribution in [3.63, 3.8) is 0 Å². The molecule has 19 heavy (non-hydrogen) atoms. The number of amides is 1. The topological polar surface area (TPSA) is 61.4 Å². The fraction of sp³-hybridized carbons (Fsp3) is 0.533. The zero-order valence-corrected chi connectivity index (χ0v) is 11.4. The summed E-state index contributed by atoms with van der Waals surface area (Å²) in [6.45, 7) is 2.99. The van der Waals surface area contributed by atoms with Gasteiger partial charge in [-0.05, 0) is 43.4 Å². The lowest BCUT2D eigenvalue weighted by molar-refractivity contribution is -0.115. The monoisotopic (exact) mass is 262 g/mol. The molecule has 0 bridgehead atoms. The number of carbonyl (C=O) groups excluding carboxylic acids is 1. The number of carbonyl (C=O) groups is 1. The van der Waals surface area contributed by atoms with Gasteiger partial charge in [-0.3, -0.25) is 4.79 Å². The molecule has 3 N–H and O–H groups in total. The minimum Gasteiger partial charge on any atom is -0.393 e. The Morgan fingerprint density at radius 2 is 2.26 bits per heavy atom. The van der Waals surface area contributed by atoms with Crippen LogP contribution in [0.15, 0.2) is 24.3 Å². The lowest BCUT2D eigenvalue weighted by Crippen LogP contribution is -2.34. The van der Waals surface area contributed by atoms with Gasteiger partial charge in [0.2, 0.25) is 5.91 Å². The molecule has 0 heterocycles. The Hall–Kier alpha value is -1.39. The molecule has 1 fully saturated rings. The molecule has 2 unspecified atom stereocenters. The van der Waals surface area contributed by atoms with E-state index in [2.05, 4.69) is 10.6 Å². The van der Waals surface area contributed by atoms with Crippen molar-refractivity contribution in [2.75, 3.05) is 18.4 Å². The van der Waals surface area contributed by atoms with Crippen LogP contribution in [0.2, 0.25) is 0 Å². The van der Waals surface area contributed by atoms with Crippen molar-refractivity contribution in [3.8, 4) is 0 Å². The van der Waals surface area contributed by atoms with E-state index in [1.165, 1.54) is 0 Å². The molecule has 1 saturated carbocycles. The predicted octanol–water partition coefficient (Wildman–Crippen LogP) is 1.68. The van der Waals surface area contributed by atoms with Gasteiger partial charge in [-0.15, -0.1) is 0 Å². The minimum absolute atomic E-state index is 0.0434. The van der Waals surface area contributed by atoms with Crippen LogP contribution in [0.1, 0.15) is 24.8 Å². The van der Waals surface area contributed by atoms with E-state index in [-0.39, 0.29) is 18.6 Å². The van der Waals surface area contributed by atoms with Crippen molar-refractivity contribution in [1.29, 1.82) is 0 Å². The smallest absolute Gasteiger partial charge is 0.238 e. The number of anilines is 1. The molecule has 0 aliphatic heterocycles. The van der Waals surface area contributed by atoms with Gasteiger partial charge in [0.15, 0.2) is 0 Å². The Labute approximate surface area is 114 Å². The zero-order chi connectivity index (χ0) is 13.7. The Morgan fingerprint density at radius 1 is 1.42 bits per heavy atom. The van der Waals surface area contributed by atoms with E-state index in [1.54, 1.807) is 0 Å². The first-order chi connectivity index (χ1) is 9.15. The Morgan fingerprint density at radius 3 is 2.95 bits per heavy atom. The van der Waals surface area contributed by atoms with Gasteiger partial charge in [-0.25, -0.2) is 0 Å². The van der Waals surface area contributed by atoms with Crippen LogP contribution in [-0.4, -0.2) is 30.2 Å². The standard InChI is InChI=1S/C15H22N2O2/c1-11-4-2-6-13(8-11)17-15(19)10-16-9-12-5-3-7-14(12)18/h2,4,6,8,12,14,16,18H,3,5,7,9-10H2,1H3,(H,17,19). The van der Waals surface area contributed by atoms with Crippen LogP contribution in [-0.2, 0) is 4.79 Å². The van der Waals surface area contributed by atoms with Gasteiger partial charge in [-0.2, -0.15) is 0 Å². The highest BCUT2D eigenvalue weighted by Crippen LogP contribution is 2.24. The minimum atomic E-state index is -0.202. The molecule has 1 aliphatic rings. The van der Waals surface area contributed by atoms with Gasteiger partial charge < -0.3 is 15.7 Å². The molecule has 0 radical (unpaired) electrons. The SMILES string of the molecule is Cc1cccc(NC(=O)CNCC2CCCC2O)c1. The first-order valence-corrected chi connectivity index (χ1v) is 6.90. The highest BCUT2D eigenvalue weighted by Gasteiger charge is 2.24. The van der Waals surface area contributed by atoms with Gasteiger partial charge >= 0.3 is 0 Å². The molecule has 1 aliphatic carbocycles. The van der Waals surface area contributed by atoms with Crippen LogP contribution < -0.4 is 10.6 Å². The summed E-state index contributed by atoms with van der Waals surface area (Å²) in [6, 6.07) is 7.74. The van der Waals surface area contributed by atoms with Gasteiger partial charge in [0, 0.05) is 12.2 Å². The summed E-state index contributed by atoms with van der Waals surface area (Å²) in [5.74, 6) is 0.254. The maximum atomic E-state index is 11.7. The van der Waals surface area contributed by atoms with E-state index in [9.17, 15) is 9.90 Å². The summed E-state index contributed by atoms with van der Waals surface area (Å²) in [4.78, 5) is 11.7. The van der Waals surface area contributed by atoms with Crippen molar-refractivity contribution in [1.82, 2.24) is 5.32 Å². The molecule has 0 spiro atoms. The van der Waals surface area contributed by atoms with Crippen LogP contribution >= 0.6 is 0 Å². The molecular formula is C15H22N2O2. The number of aliphatic hydroxyl groups is 1. The van der Waals surface area contributed by atoms with E-state index in [0.717, 1.165) is 30.5 Å². The molecule has 104 valence electrons. The normalized spacial score (nSPS) is 22.4. The predicted molar refractivity (Wildman–Crippen MR) is 76.0 cm³/mol. The lowest BCUT2D eigenvalue weighted by Gasteiger charge is -2.15. The fourth-order valence-corrected chi connectivity index (χ4v) is 2.55. The van der Waals surface area contributed by atoms with Crippen LogP contribution in [0.3, 0.4) is 0 Å². The molecular weight excluding hydrogens is 240 g/mol. The maximum absolute atomic E-state index is 11.7. The first kappa shape index (κ1) is 14.0. The van der Waals surface area contributed by atoms with E-state index in [0.29, 0.717) is 12.5 Å². The van der Waals surface area contributed by atoms with Crippen LogP contribution in [0, 0.1) is 12.8 Å². The third-order valence-corrected chi connectivity index (χ3v) is 3.61. The average Bonchev–Trinajstić information content (AvgIpc) is 2.75. The molecule has 0 saturated heterocycles. The molecule has 1 aromatic carbocycles. The van der Waals surface area contributed by atoms with Gasteiger partial charge in [-0.1, -0.05) is 18.6 Å². The second-order valence-electron chi connectivity index (χ2n) is 5.31. The van der Waals surface area contributed by atoms with Crippen molar-refractivity contribution in [2.24, 2.45) is 5.92 Å². The maximum Gasteiger partial charge on any atom is 0.238 e. The van der Waals surface area contributed by atoms with Gasteiger partial charge in [0.05, 0.1) is 12.6 Å². The van der Waals surface area contributed by atoms with E-state index in [1.807, 2.05) is 31.2 Å². The highest BCUT2D eigenvalue weighted by atomic mass is 16.3. The number of benzene rings is 1. The molecule has 4 heteroatoms. The van der Waals surface area contributed by atoms with Crippen LogP contribution in [0.4, 0.5) is 5.69 Å². The summed E-state index contributed by atoms with van der Waals surface area (Å²) >= 11 is 0. The third kappa shape index (κ3) is 4.33.